The summed E-state index contributed by atoms with van der Waals surface area (Å²) >= 11 is 1.23. The summed E-state index contributed by atoms with van der Waals surface area (Å²) in [6.07, 6.45) is 3.35. The Morgan fingerprint density at radius 1 is 1.36 bits per heavy atom. The van der Waals surface area contributed by atoms with E-state index in [1.54, 1.807) is 0 Å². The van der Waals surface area contributed by atoms with Crippen LogP contribution in [0.3, 0.4) is 0 Å². The number of nitrogens with one attached hydrogen (secondary N) is 1. The van der Waals surface area contributed by atoms with Crippen LogP contribution >= 0.6 is 11.7 Å². The second-order valence-corrected chi connectivity index (χ2v) is 8.20. The van der Waals surface area contributed by atoms with Gasteiger partial charge in [-0.3, -0.25) is 9.69 Å². The van der Waals surface area contributed by atoms with Gasteiger partial charge in [0.15, 0.2) is 0 Å². The van der Waals surface area contributed by atoms with Gasteiger partial charge in [0, 0.05) is 20.1 Å². The fourth-order valence-corrected chi connectivity index (χ4v) is 4.91. The van der Waals surface area contributed by atoms with Gasteiger partial charge in [-0.25, -0.2) is 0 Å². The zero-order chi connectivity index (χ0) is 17.4. The fraction of sp³-hybridized carbons (Fsp3) is 0.611. The van der Waals surface area contributed by atoms with Crippen molar-refractivity contribution in [3.05, 3.63) is 23.8 Å². The molecule has 1 amide bonds. The average Bonchev–Trinajstić information content (AvgIpc) is 3.19. The Bertz CT molecular complexity index is 770. The number of benzene rings is 1. The van der Waals surface area contributed by atoms with Crippen molar-refractivity contribution in [3.63, 3.8) is 0 Å². The Kier molecular flexibility index (Phi) is 4.47. The van der Waals surface area contributed by atoms with Crippen molar-refractivity contribution in [1.29, 1.82) is 0 Å². The summed E-state index contributed by atoms with van der Waals surface area (Å²) in [7, 11) is 4.01. The highest BCUT2D eigenvalue weighted by Gasteiger charge is 2.46. The van der Waals surface area contributed by atoms with Crippen molar-refractivity contribution in [2.45, 2.75) is 31.8 Å². The molecule has 2 aliphatic heterocycles. The number of carbonyl (C=O) groups excluding carboxylic acids is 1. The van der Waals surface area contributed by atoms with Gasteiger partial charge in [0.25, 0.3) is 0 Å². The molecule has 0 aliphatic carbocycles. The summed E-state index contributed by atoms with van der Waals surface area (Å²) in [6.45, 7) is 3.80. The molecule has 1 N–H and O–H groups in total. The highest BCUT2D eigenvalue weighted by molar-refractivity contribution is 7.00. The van der Waals surface area contributed by atoms with Crippen LogP contribution in [0.5, 0.6) is 0 Å². The van der Waals surface area contributed by atoms with Crippen LogP contribution in [0.4, 0.5) is 0 Å². The maximum Gasteiger partial charge on any atom is 0.239 e. The summed E-state index contributed by atoms with van der Waals surface area (Å²) in [6, 6.07) is 6.07. The number of carbonyl (C=O) groups is 1. The van der Waals surface area contributed by atoms with Gasteiger partial charge in [-0.1, -0.05) is 6.07 Å². The van der Waals surface area contributed by atoms with Crippen LogP contribution in [0.1, 0.15) is 24.8 Å². The minimum absolute atomic E-state index is 0.00719. The monoisotopic (exact) mass is 359 g/mol. The molecule has 25 heavy (non-hydrogen) atoms. The van der Waals surface area contributed by atoms with E-state index in [1.807, 2.05) is 30.1 Å². The Balaban J connectivity index is 1.44. The van der Waals surface area contributed by atoms with Crippen molar-refractivity contribution in [1.82, 2.24) is 23.9 Å². The number of likely N-dealkylation sites (tertiary alicyclic amines) is 1. The molecule has 1 spiro atoms. The van der Waals surface area contributed by atoms with Crippen LogP contribution in [0.2, 0.25) is 0 Å². The minimum Gasteiger partial charge on any atom is -0.340 e. The molecule has 0 bridgehead atoms. The van der Waals surface area contributed by atoms with E-state index in [4.69, 9.17) is 0 Å². The number of nitrogens with zero attached hydrogens (tertiary/aromatic N) is 4. The van der Waals surface area contributed by atoms with E-state index in [0.29, 0.717) is 12.0 Å². The SMILES string of the molecule is CN(Cc1ccc2nsnc2c1)C(=O)[C@H]1CC2(CCNCC2)CN1C. The molecule has 0 radical (unpaired) electrons. The molecule has 1 atom stereocenters. The van der Waals surface area contributed by atoms with Crippen molar-refractivity contribution in [3.8, 4) is 0 Å². The normalized spacial score (nSPS) is 23.4. The molecule has 134 valence electrons. The highest BCUT2D eigenvalue weighted by atomic mass is 32.1. The Labute approximate surface area is 152 Å². The number of piperidine rings is 1. The van der Waals surface area contributed by atoms with E-state index in [1.165, 1.54) is 24.6 Å². The molecule has 2 aliphatic rings. The first-order chi connectivity index (χ1) is 12.1. The largest absolute Gasteiger partial charge is 0.340 e. The smallest absolute Gasteiger partial charge is 0.239 e. The molecule has 3 heterocycles. The fourth-order valence-electron chi connectivity index (χ4n) is 4.40. The third-order valence-electron chi connectivity index (χ3n) is 5.81. The molecule has 1 aromatic carbocycles. The summed E-state index contributed by atoms with van der Waals surface area (Å²) in [5.41, 5.74) is 3.26. The molecule has 4 rings (SSSR count). The molecular formula is C18H25N5OS. The molecular weight excluding hydrogens is 334 g/mol. The molecule has 0 saturated carbocycles. The second kappa shape index (κ2) is 6.63. The van der Waals surface area contributed by atoms with Crippen molar-refractivity contribution >= 4 is 28.7 Å². The van der Waals surface area contributed by atoms with Gasteiger partial charge in [0.05, 0.1) is 17.8 Å². The van der Waals surface area contributed by atoms with Gasteiger partial charge < -0.3 is 10.2 Å². The summed E-state index contributed by atoms with van der Waals surface area (Å²) < 4.78 is 8.52. The molecule has 6 nitrogen and oxygen atoms in total. The molecule has 2 aromatic rings. The average molecular weight is 359 g/mol. The predicted octanol–water partition coefficient (Wildman–Crippen LogP) is 1.72. The Morgan fingerprint density at radius 3 is 2.92 bits per heavy atom. The quantitative estimate of drug-likeness (QED) is 0.904. The lowest BCUT2D eigenvalue weighted by molar-refractivity contribution is -0.134. The van der Waals surface area contributed by atoms with Crippen LogP contribution in [-0.4, -0.2) is 64.2 Å². The van der Waals surface area contributed by atoms with E-state index in [-0.39, 0.29) is 11.9 Å². The molecule has 2 fully saturated rings. The molecule has 7 heteroatoms. The maximum atomic E-state index is 13.0. The van der Waals surface area contributed by atoms with Crippen molar-refractivity contribution in [2.75, 3.05) is 33.7 Å². The Morgan fingerprint density at radius 2 is 2.12 bits per heavy atom. The van der Waals surface area contributed by atoms with Crippen LogP contribution in [-0.2, 0) is 11.3 Å². The number of rotatable bonds is 3. The number of aromatic nitrogens is 2. The van der Waals surface area contributed by atoms with Gasteiger partial charge >= 0.3 is 0 Å². The first-order valence-corrected chi connectivity index (χ1v) is 9.67. The highest BCUT2D eigenvalue weighted by Crippen LogP contribution is 2.41. The third-order valence-corrected chi connectivity index (χ3v) is 6.36. The van der Waals surface area contributed by atoms with Crippen LogP contribution in [0.15, 0.2) is 18.2 Å². The minimum atomic E-state index is 0.00719. The second-order valence-electron chi connectivity index (χ2n) is 7.67. The topological polar surface area (TPSA) is 61.4 Å². The molecule has 2 saturated heterocycles. The van der Waals surface area contributed by atoms with Gasteiger partial charge in [-0.05, 0) is 62.5 Å². The first-order valence-electron chi connectivity index (χ1n) is 8.94. The number of hydrogen-bond acceptors (Lipinski definition) is 6. The van der Waals surface area contributed by atoms with E-state index in [9.17, 15) is 4.79 Å². The predicted molar refractivity (Wildman–Crippen MR) is 99.5 cm³/mol. The zero-order valence-corrected chi connectivity index (χ0v) is 15.7. The van der Waals surface area contributed by atoms with Crippen LogP contribution in [0, 0.1) is 5.41 Å². The van der Waals surface area contributed by atoms with Gasteiger partial charge in [-0.15, -0.1) is 0 Å². The van der Waals surface area contributed by atoms with E-state index >= 15 is 0 Å². The summed E-state index contributed by atoms with van der Waals surface area (Å²) in [5.74, 6) is 0.231. The van der Waals surface area contributed by atoms with Gasteiger partial charge in [0.1, 0.15) is 11.0 Å². The number of likely N-dealkylation sites (N-methyl/N-ethyl adjacent to an activating group) is 2. The standard InChI is InChI=1S/C18H25N5OS/c1-22(11-13-3-4-14-15(9-13)21-25-20-14)17(24)16-10-18(12-23(16)2)5-7-19-8-6-18/h3-4,9,16,19H,5-8,10-12H2,1-2H3/t16-/m1/s1. The zero-order valence-electron chi connectivity index (χ0n) is 14.9. The van der Waals surface area contributed by atoms with Crippen molar-refractivity contribution < 1.29 is 4.79 Å². The molecule has 0 unspecified atom stereocenters. The van der Waals surface area contributed by atoms with Crippen LogP contribution < -0.4 is 5.32 Å². The van der Waals surface area contributed by atoms with Gasteiger partial charge in [0.2, 0.25) is 5.91 Å². The lowest BCUT2D eigenvalue weighted by atomic mass is 9.77. The first kappa shape index (κ1) is 16.9. The lowest BCUT2D eigenvalue weighted by Crippen LogP contribution is -2.42. The maximum absolute atomic E-state index is 13.0. The lowest BCUT2D eigenvalue weighted by Gasteiger charge is -2.33. The van der Waals surface area contributed by atoms with E-state index in [0.717, 1.165) is 42.7 Å². The Hall–Kier alpha value is -1.57. The van der Waals surface area contributed by atoms with Crippen molar-refractivity contribution in [2.24, 2.45) is 5.41 Å². The summed E-state index contributed by atoms with van der Waals surface area (Å²) in [4.78, 5) is 17.2. The number of amides is 1. The summed E-state index contributed by atoms with van der Waals surface area (Å²) in [5, 5.41) is 3.44. The van der Waals surface area contributed by atoms with E-state index in [2.05, 4.69) is 26.0 Å². The number of fused-ring (bicyclic) bond motifs is 1. The molecule has 1 aromatic heterocycles. The third kappa shape index (κ3) is 3.28. The van der Waals surface area contributed by atoms with E-state index < -0.39 is 0 Å². The van der Waals surface area contributed by atoms with Crippen LogP contribution in [0.25, 0.3) is 11.0 Å². The van der Waals surface area contributed by atoms with Gasteiger partial charge in [-0.2, -0.15) is 8.75 Å². The number of hydrogen-bond donors (Lipinski definition) is 1.